The highest BCUT2D eigenvalue weighted by Gasteiger charge is 2.21. The lowest BCUT2D eigenvalue weighted by Crippen LogP contribution is -2.08. The molecule has 2 rings (SSSR count). The highest BCUT2D eigenvalue weighted by atomic mass is 32.2. The monoisotopic (exact) mass is 312 g/mol. The normalized spacial score (nSPS) is 15.5. The van der Waals surface area contributed by atoms with Gasteiger partial charge in [-0.1, -0.05) is 31.0 Å². The Morgan fingerprint density at radius 3 is 2.90 bits per heavy atom. The minimum absolute atomic E-state index is 0.0877. The molecule has 1 saturated carbocycles. The first-order valence-electron chi connectivity index (χ1n) is 7.87. The van der Waals surface area contributed by atoms with Crippen LogP contribution in [0.4, 0.5) is 0 Å². The second-order valence-corrected chi connectivity index (χ2v) is 6.37. The summed E-state index contributed by atoms with van der Waals surface area (Å²) in [5.41, 5.74) is 0. The predicted molar refractivity (Wildman–Crippen MR) is 81.1 cm³/mol. The number of ether oxygens (including phenoxy) is 1. The van der Waals surface area contributed by atoms with Gasteiger partial charge in [0.25, 0.3) is 0 Å². The van der Waals surface area contributed by atoms with Crippen molar-refractivity contribution in [2.45, 2.75) is 69.5 Å². The first-order chi connectivity index (χ1) is 10.3. The molecule has 1 fully saturated rings. The number of unbranched alkanes of at least 4 members (excludes halogenated alkanes) is 2. The van der Waals surface area contributed by atoms with Crippen LogP contribution in [-0.4, -0.2) is 38.5 Å². The van der Waals surface area contributed by atoms with Gasteiger partial charge in [-0.25, -0.2) is 4.68 Å². The van der Waals surface area contributed by atoms with E-state index in [9.17, 15) is 4.79 Å². The molecule has 0 aliphatic heterocycles. The van der Waals surface area contributed by atoms with Crippen LogP contribution in [0.3, 0.4) is 0 Å². The molecule has 6 nitrogen and oxygen atoms in total. The number of carbonyl (C=O) groups is 1. The minimum Gasteiger partial charge on any atom is -0.466 e. The lowest BCUT2D eigenvalue weighted by molar-refractivity contribution is -0.143. The number of tetrazole rings is 1. The molecule has 0 amide bonds. The van der Waals surface area contributed by atoms with E-state index >= 15 is 0 Å². The van der Waals surface area contributed by atoms with Gasteiger partial charge in [0.2, 0.25) is 5.16 Å². The number of esters is 1. The summed E-state index contributed by atoms with van der Waals surface area (Å²) in [4.78, 5) is 11.2. The zero-order valence-corrected chi connectivity index (χ0v) is 13.5. The fraction of sp³-hybridized carbons (Fsp3) is 0.857. The van der Waals surface area contributed by atoms with E-state index in [0.717, 1.165) is 30.2 Å². The van der Waals surface area contributed by atoms with Crippen molar-refractivity contribution in [2.24, 2.45) is 0 Å². The molecule has 0 N–H and O–H groups in total. The molecular formula is C14H24N4O2S. The van der Waals surface area contributed by atoms with Gasteiger partial charge in [-0.05, 0) is 43.0 Å². The summed E-state index contributed by atoms with van der Waals surface area (Å²) in [5.74, 6) is 0.908. The molecule has 1 aromatic heterocycles. The van der Waals surface area contributed by atoms with Gasteiger partial charge in [0.15, 0.2) is 0 Å². The fourth-order valence-electron chi connectivity index (χ4n) is 2.60. The van der Waals surface area contributed by atoms with Crippen molar-refractivity contribution in [3.63, 3.8) is 0 Å². The van der Waals surface area contributed by atoms with E-state index in [4.69, 9.17) is 4.74 Å². The van der Waals surface area contributed by atoms with Crippen molar-refractivity contribution in [1.82, 2.24) is 20.2 Å². The SMILES string of the molecule is CCOC(=O)CCCCCSc1nnnn1C1CCCC1. The fourth-order valence-corrected chi connectivity index (χ4v) is 3.55. The summed E-state index contributed by atoms with van der Waals surface area (Å²) in [7, 11) is 0. The molecule has 0 atom stereocenters. The van der Waals surface area contributed by atoms with Crippen molar-refractivity contribution >= 4 is 17.7 Å². The number of carbonyl (C=O) groups excluding carboxylic acids is 1. The van der Waals surface area contributed by atoms with Crippen molar-refractivity contribution in [3.05, 3.63) is 0 Å². The molecule has 7 heteroatoms. The van der Waals surface area contributed by atoms with Crippen LogP contribution in [0.2, 0.25) is 0 Å². The lowest BCUT2D eigenvalue weighted by atomic mass is 10.2. The summed E-state index contributed by atoms with van der Waals surface area (Å²) in [5, 5.41) is 13.0. The number of hydrogen-bond donors (Lipinski definition) is 0. The smallest absolute Gasteiger partial charge is 0.305 e. The summed E-state index contributed by atoms with van der Waals surface area (Å²) >= 11 is 1.72. The van der Waals surface area contributed by atoms with Crippen molar-refractivity contribution in [1.29, 1.82) is 0 Å². The van der Waals surface area contributed by atoms with Crippen molar-refractivity contribution < 1.29 is 9.53 Å². The second-order valence-electron chi connectivity index (χ2n) is 5.31. The Balaban J connectivity index is 1.61. The third-order valence-electron chi connectivity index (χ3n) is 3.69. The Morgan fingerprint density at radius 1 is 1.33 bits per heavy atom. The van der Waals surface area contributed by atoms with Crippen molar-refractivity contribution in [2.75, 3.05) is 12.4 Å². The van der Waals surface area contributed by atoms with Gasteiger partial charge in [0, 0.05) is 12.2 Å². The maximum absolute atomic E-state index is 11.2. The highest BCUT2D eigenvalue weighted by molar-refractivity contribution is 7.99. The number of nitrogens with zero attached hydrogens (tertiary/aromatic N) is 4. The number of thioether (sulfide) groups is 1. The Labute approximate surface area is 130 Å². The zero-order valence-electron chi connectivity index (χ0n) is 12.7. The summed E-state index contributed by atoms with van der Waals surface area (Å²) in [6.07, 6.45) is 8.48. The molecule has 1 aliphatic rings. The third-order valence-corrected chi connectivity index (χ3v) is 4.71. The van der Waals surface area contributed by atoms with Gasteiger partial charge < -0.3 is 4.74 Å². The topological polar surface area (TPSA) is 69.9 Å². The van der Waals surface area contributed by atoms with Crippen LogP contribution >= 0.6 is 11.8 Å². The minimum atomic E-state index is -0.0877. The average Bonchev–Trinajstić information content (AvgIpc) is 3.13. The number of hydrogen-bond acceptors (Lipinski definition) is 6. The molecule has 1 aliphatic carbocycles. The predicted octanol–water partition coefficient (Wildman–Crippen LogP) is 3.00. The van der Waals surface area contributed by atoms with Crippen LogP contribution in [-0.2, 0) is 9.53 Å². The van der Waals surface area contributed by atoms with Crippen LogP contribution in [0.1, 0.15) is 64.3 Å². The van der Waals surface area contributed by atoms with E-state index in [-0.39, 0.29) is 5.97 Å². The van der Waals surface area contributed by atoms with Crippen LogP contribution in [0, 0.1) is 0 Å². The summed E-state index contributed by atoms with van der Waals surface area (Å²) in [6.45, 7) is 2.31. The van der Waals surface area contributed by atoms with E-state index in [1.54, 1.807) is 11.8 Å². The largest absolute Gasteiger partial charge is 0.466 e. The molecule has 118 valence electrons. The van der Waals surface area contributed by atoms with Gasteiger partial charge >= 0.3 is 5.97 Å². The van der Waals surface area contributed by atoms with Crippen LogP contribution in [0.15, 0.2) is 5.16 Å². The Bertz CT molecular complexity index is 432. The maximum Gasteiger partial charge on any atom is 0.305 e. The Morgan fingerprint density at radius 2 is 2.14 bits per heavy atom. The first kappa shape index (κ1) is 16.3. The first-order valence-corrected chi connectivity index (χ1v) is 8.86. The molecule has 0 spiro atoms. The third kappa shape index (κ3) is 5.30. The lowest BCUT2D eigenvalue weighted by Gasteiger charge is -2.10. The van der Waals surface area contributed by atoms with Crippen molar-refractivity contribution in [3.8, 4) is 0 Å². The molecule has 1 heterocycles. The van der Waals surface area contributed by atoms with E-state index in [1.807, 2.05) is 11.6 Å². The molecule has 0 saturated heterocycles. The molecule has 0 aromatic carbocycles. The average molecular weight is 312 g/mol. The van der Waals surface area contributed by atoms with Gasteiger partial charge in [-0.3, -0.25) is 4.79 Å². The van der Waals surface area contributed by atoms with Crippen LogP contribution in [0.5, 0.6) is 0 Å². The second kappa shape index (κ2) is 9.02. The maximum atomic E-state index is 11.2. The van der Waals surface area contributed by atoms with E-state index in [1.165, 1.54) is 25.7 Å². The van der Waals surface area contributed by atoms with Gasteiger partial charge in [-0.2, -0.15) is 0 Å². The van der Waals surface area contributed by atoms with Crippen LogP contribution < -0.4 is 0 Å². The van der Waals surface area contributed by atoms with Gasteiger partial charge in [0.1, 0.15) is 0 Å². The quantitative estimate of drug-likeness (QED) is 0.396. The van der Waals surface area contributed by atoms with Gasteiger partial charge in [0.05, 0.1) is 12.6 Å². The molecule has 0 unspecified atom stereocenters. The van der Waals surface area contributed by atoms with E-state index in [0.29, 0.717) is 19.1 Å². The van der Waals surface area contributed by atoms with E-state index in [2.05, 4.69) is 15.5 Å². The van der Waals surface area contributed by atoms with Gasteiger partial charge in [-0.15, -0.1) is 5.10 Å². The summed E-state index contributed by atoms with van der Waals surface area (Å²) < 4.78 is 6.90. The highest BCUT2D eigenvalue weighted by Crippen LogP contribution is 2.31. The molecule has 1 aromatic rings. The van der Waals surface area contributed by atoms with Crippen LogP contribution in [0.25, 0.3) is 0 Å². The molecule has 21 heavy (non-hydrogen) atoms. The zero-order chi connectivity index (χ0) is 14.9. The summed E-state index contributed by atoms with van der Waals surface area (Å²) in [6, 6.07) is 0.492. The Kier molecular flexibility index (Phi) is 6.99. The molecule has 0 bridgehead atoms. The standard InChI is InChI=1S/C14H24N4O2S/c1-2-20-13(19)10-4-3-7-11-21-14-15-16-17-18(14)12-8-5-6-9-12/h12H,2-11H2,1H3. The molecular weight excluding hydrogens is 288 g/mol. The number of rotatable bonds is 9. The van der Waals surface area contributed by atoms with E-state index < -0.39 is 0 Å². The number of aromatic nitrogens is 4. The Hall–Kier alpha value is -1.11. The molecule has 0 radical (unpaired) electrons.